The second-order valence-corrected chi connectivity index (χ2v) is 4.88. The van der Waals surface area contributed by atoms with Gasteiger partial charge in [0.05, 0.1) is 14.2 Å². The lowest BCUT2D eigenvalue weighted by Crippen LogP contribution is -1.90. The quantitative estimate of drug-likeness (QED) is 0.659. The monoisotopic (exact) mass is 323 g/mol. The maximum atomic E-state index is 5.80. The first-order valence-corrected chi connectivity index (χ1v) is 7.37. The molecule has 0 fully saturated rings. The molecule has 0 saturated carbocycles. The number of nitrogens with zero attached hydrogens (tertiary/aromatic N) is 1. The van der Waals surface area contributed by atoms with Gasteiger partial charge in [-0.15, -0.1) is 0 Å². The summed E-state index contributed by atoms with van der Waals surface area (Å²) >= 11 is 0. The predicted octanol–water partition coefficient (Wildman–Crippen LogP) is 4.68. The van der Waals surface area contributed by atoms with E-state index in [4.69, 9.17) is 18.9 Å². The van der Waals surface area contributed by atoms with Gasteiger partial charge in [0.15, 0.2) is 0 Å². The molecule has 3 aromatic rings. The third-order valence-corrected chi connectivity index (χ3v) is 3.28. The van der Waals surface area contributed by atoms with E-state index in [1.54, 1.807) is 32.5 Å². The van der Waals surface area contributed by atoms with Crippen LogP contribution in [0.3, 0.4) is 0 Å². The predicted molar refractivity (Wildman–Crippen MR) is 90.4 cm³/mol. The van der Waals surface area contributed by atoms with Crippen molar-refractivity contribution in [2.45, 2.75) is 0 Å². The fraction of sp³-hybridized carbons (Fsp3) is 0.105. The minimum absolute atomic E-state index is 0.450. The average Bonchev–Trinajstić information content (AvgIpc) is 2.63. The molecule has 24 heavy (non-hydrogen) atoms. The average molecular weight is 323 g/mol. The molecular weight excluding hydrogens is 306 g/mol. The number of benzene rings is 2. The first-order chi connectivity index (χ1) is 11.8. The van der Waals surface area contributed by atoms with Crippen molar-refractivity contribution in [3.8, 4) is 34.6 Å². The van der Waals surface area contributed by atoms with E-state index < -0.39 is 0 Å². The SMILES string of the molecule is COc1ccc(Oc2ccnc(Oc3ccc(OC)cc3)c2)cc1. The summed E-state index contributed by atoms with van der Waals surface area (Å²) in [6.45, 7) is 0. The third-order valence-electron chi connectivity index (χ3n) is 3.28. The van der Waals surface area contributed by atoms with Gasteiger partial charge in [-0.05, 0) is 54.6 Å². The lowest BCUT2D eigenvalue weighted by molar-refractivity contribution is 0.411. The van der Waals surface area contributed by atoms with E-state index >= 15 is 0 Å². The maximum Gasteiger partial charge on any atom is 0.222 e. The number of rotatable bonds is 6. The van der Waals surface area contributed by atoms with Gasteiger partial charge in [0.2, 0.25) is 5.88 Å². The van der Waals surface area contributed by atoms with E-state index in [9.17, 15) is 0 Å². The van der Waals surface area contributed by atoms with Crippen LogP contribution in [0.15, 0.2) is 66.9 Å². The summed E-state index contributed by atoms with van der Waals surface area (Å²) in [4.78, 5) is 4.19. The van der Waals surface area contributed by atoms with Crippen LogP contribution in [0, 0.1) is 0 Å². The lowest BCUT2D eigenvalue weighted by Gasteiger charge is -2.09. The highest BCUT2D eigenvalue weighted by atomic mass is 16.5. The Bertz CT molecular complexity index is 720. The van der Waals surface area contributed by atoms with Crippen molar-refractivity contribution >= 4 is 0 Å². The number of hydrogen-bond donors (Lipinski definition) is 0. The highest BCUT2D eigenvalue weighted by Gasteiger charge is 2.03. The van der Waals surface area contributed by atoms with Gasteiger partial charge in [-0.2, -0.15) is 0 Å². The van der Waals surface area contributed by atoms with Gasteiger partial charge in [0.1, 0.15) is 28.7 Å². The van der Waals surface area contributed by atoms with Crippen LogP contribution in [0.25, 0.3) is 0 Å². The molecule has 0 bridgehead atoms. The van der Waals surface area contributed by atoms with Gasteiger partial charge in [-0.3, -0.25) is 0 Å². The Labute approximate surface area is 140 Å². The summed E-state index contributed by atoms with van der Waals surface area (Å²) in [5.41, 5.74) is 0. The van der Waals surface area contributed by atoms with E-state index in [1.807, 2.05) is 48.5 Å². The van der Waals surface area contributed by atoms with Crippen LogP contribution in [0.1, 0.15) is 0 Å². The summed E-state index contributed by atoms with van der Waals surface area (Å²) in [6, 6.07) is 18.1. The van der Waals surface area contributed by atoms with Crippen molar-refractivity contribution in [3.05, 3.63) is 66.9 Å². The molecule has 0 saturated heterocycles. The van der Waals surface area contributed by atoms with Crippen LogP contribution in [-0.4, -0.2) is 19.2 Å². The van der Waals surface area contributed by atoms with Crippen molar-refractivity contribution in [1.82, 2.24) is 4.98 Å². The van der Waals surface area contributed by atoms with Gasteiger partial charge in [-0.25, -0.2) is 4.98 Å². The molecule has 0 spiro atoms. The highest BCUT2D eigenvalue weighted by molar-refractivity contribution is 5.38. The number of aromatic nitrogens is 1. The first-order valence-electron chi connectivity index (χ1n) is 7.37. The largest absolute Gasteiger partial charge is 0.497 e. The lowest BCUT2D eigenvalue weighted by atomic mass is 10.3. The van der Waals surface area contributed by atoms with Gasteiger partial charge in [-0.1, -0.05) is 0 Å². The zero-order valence-corrected chi connectivity index (χ0v) is 13.4. The number of pyridine rings is 1. The van der Waals surface area contributed by atoms with E-state index in [2.05, 4.69) is 4.98 Å². The van der Waals surface area contributed by atoms with E-state index in [-0.39, 0.29) is 0 Å². The summed E-state index contributed by atoms with van der Waals surface area (Å²) in [5, 5.41) is 0. The summed E-state index contributed by atoms with van der Waals surface area (Å²) < 4.78 is 21.8. The minimum Gasteiger partial charge on any atom is -0.497 e. The normalized spacial score (nSPS) is 10.1. The zero-order valence-electron chi connectivity index (χ0n) is 13.4. The Balaban J connectivity index is 1.70. The molecule has 0 N–H and O–H groups in total. The second kappa shape index (κ2) is 7.37. The Hall–Kier alpha value is -3.21. The van der Waals surface area contributed by atoms with Crippen molar-refractivity contribution in [2.24, 2.45) is 0 Å². The summed E-state index contributed by atoms with van der Waals surface area (Å²) in [5.74, 6) is 4.01. The minimum atomic E-state index is 0.450. The van der Waals surface area contributed by atoms with Crippen molar-refractivity contribution in [1.29, 1.82) is 0 Å². The van der Waals surface area contributed by atoms with Crippen molar-refractivity contribution in [3.63, 3.8) is 0 Å². The van der Waals surface area contributed by atoms with Crippen molar-refractivity contribution < 1.29 is 18.9 Å². The molecule has 0 atom stereocenters. The first kappa shape index (κ1) is 15.7. The molecule has 3 rings (SSSR count). The molecule has 0 aliphatic rings. The molecule has 0 aliphatic heterocycles. The van der Waals surface area contributed by atoms with Gasteiger partial charge in [0.25, 0.3) is 0 Å². The Kier molecular flexibility index (Phi) is 4.81. The molecule has 0 radical (unpaired) electrons. The van der Waals surface area contributed by atoms with Crippen LogP contribution in [0.5, 0.6) is 34.6 Å². The molecular formula is C19H17NO4. The molecule has 0 aliphatic carbocycles. The molecule has 1 heterocycles. The van der Waals surface area contributed by atoms with Gasteiger partial charge in [0, 0.05) is 12.3 Å². The van der Waals surface area contributed by atoms with Gasteiger partial charge >= 0.3 is 0 Å². The Morgan fingerprint density at radius 2 is 1.08 bits per heavy atom. The molecule has 2 aromatic carbocycles. The van der Waals surface area contributed by atoms with Crippen LogP contribution in [0.4, 0.5) is 0 Å². The number of ether oxygens (including phenoxy) is 4. The van der Waals surface area contributed by atoms with Crippen LogP contribution >= 0.6 is 0 Å². The molecule has 0 amide bonds. The third kappa shape index (κ3) is 3.95. The fourth-order valence-corrected chi connectivity index (χ4v) is 2.05. The molecule has 1 aromatic heterocycles. The Morgan fingerprint density at radius 3 is 1.62 bits per heavy atom. The molecule has 5 nitrogen and oxygen atoms in total. The number of hydrogen-bond acceptors (Lipinski definition) is 5. The number of methoxy groups -OCH3 is 2. The smallest absolute Gasteiger partial charge is 0.222 e. The standard InChI is InChI=1S/C19H17NO4/c1-21-14-3-7-16(8-4-14)23-18-11-12-20-19(13-18)24-17-9-5-15(22-2)6-10-17/h3-13H,1-2H3. The highest BCUT2D eigenvalue weighted by Crippen LogP contribution is 2.28. The zero-order chi connectivity index (χ0) is 16.8. The van der Waals surface area contributed by atoms with E-state index in [0.717, 1.165) is 11.5 Å². The van der Waals surface area contributed by atoms with Crippen molar-refractivity contribution in [2.75, 3.05) is 14.2 Å². The molecule has 122 valence electrons. The maximum absolute atomic E-state index is 5.80. The summed E-state index contributed by atoms with van der Waals surface area (Å²) in [7, 11) is 3.25. The topological polar surface area (TPSA) is 49.8 Å². The Morgan fingerprint density at radius 1 is 0.583 bits per heavy atom. The van der Waals surface area contributed by atoms with Crippen LogP contribution < -0.4 is 18.9 Å². The van der Waals surface area contributed by atoms with E-state index in [1.165, 1.54) is 0 Å². The van der Waals surface area contributed by atoms with Crippen LogP contribution in [-0.2, 0) is 0 Å². The molecule has 0 unspecified atom stereocenters. The summed E-state index contributed by atoms with van der Waals surface area (Å²) in [6.07, 6.45) is 1.64. The molecule has 5 heteroatoms. The van der Waals surface area contributed by atoms with Gasteiger partial charge < -0.3 is 18.9 Å². The van der Waals surface area contributed by atoms with E-state index in [0.29, 0.717) is 23.1 Å². The van der Waals surface area contributed by atoms with Crippen LogP contribution in [0.2, 0.25) is 0 Å². The fourth-order valence-electron chi connectivity index (χ4n) is 2.05. The second-order valence-electron chi connectivity index (χ2n) is 4.88.